The molecule has 0 heterocycles. The van der Waals surface area contributed by atoms with E-state index < -0.39 is 17.6 Å². The number of carbonyl (C=O) groups is 2. The molecule has 2 aromatic rings. The van der Waals surface area contributed by atoms with Crippen LogP contribution < -0.4 is 10.6 Å². The summed E-state index contributed by atoms with van der Waals surface area (Å²) in [6, 6.07) is 10.8. The Morgan fingerprint density at radius 1 is 1.03 bits per heavy atom. The maximum absolute atomic E-state index is 12.8. The van der Waals surface area contributed by atoms with Gasteiger partial charge in [-0.15, -0.1) is 0 Å². The molecule has 3 rings (SSSR count). The zero-order valence-electron chi connectivity index (χ0n) is 16.1. The van der Waals surface area contributed by atoms with Crippen LogP contribution in [0.4, 0.5) is 24.5 Å². The number of alkyl halides is 3. The smallest absolute Gasteiger partial charge is 0.395 e. The topological polar surface area (TPSA) is 81.7 Å². The van der Waals surface area contributed by atoms with Gasteiger partial charge in [-0.2, -0.15) is 13.2 Å². The van der Waals surface area contributed by atoms with E-state index in [1.165, 1.54) is 24.3 Å². The van der Waals surface area contributed by atoms with Crippen molar-refractivity contribution in [2.45, 2.75) is 25.1 Å². The minimum Gasteiger partial charge on any atom is -0.395 e. The first-order valence-electron chi connectivity index (χ1n) is 9.49. The normalized spacial score (nSPS) is 13.9. The summed E-state index contributed by atoms with van der Waals surface area (Å²) < 4.78 is 38.5. The number of carbonyl (C=O) groups excluding carboxylic acids is 2. The summed E-state index contributed by atoms with van der Waals surface area (Å²) in [6.07, 6.45) is -2.51. The van der Waals surface area contributed by atoms with Crippen molar-refractivity contribution in [3.8, 4) is 0 Å². The van der Waals surface area contributed by atoms with E-state index in [4.69, 9.17) is 5.11 Å². The average Bonchev–Trinajstić information content (AvgIpc) is 3.52. The van der Waals surface area contributed by atoms with Gasteiger partial charge in [0.05, 0.1) is 18.7 Å². The third-order valence-corrected chi connectivity index (χ3v) is 4.65. The van der Waals surface area contributed by atoms with Gasteiger partial charge in [-0.3, -0.25) is 14.5 Å². The number of halogens is 3. The van der Waals surface area contributed by atoms with Gasteiger partial charge < -0.3 is 15.7 Å². The number of anilines is 2. The van der Waals surface area contributed by atoms with Gasteiger partial charge >= 0.3 is 6.18 Å². The van der Waals surface area contributed by atoms with E-state index in [9.17, 15) is 22.8 Å². The van der Waals surface area contributed by atoms with E-state index in [-0.39, 0.29) is 30.3 Å². The minimum absolute atomic E-state index is 0.0216. The van der Waals surface area contributed by atoms with Crippen molar-refractivity contribution in [3.63, 3.8) is 0 Å². The Bertz CT molecular complexity index is 914. The summed E-state index contributed by atoms with van der Waals surface area (Å²) in [6.45, 7) is 0.512. The molecule has 9 heteroatoms. The fourth-order valence-corrected chi connectivity index (χ4v) is 3.06. The summed E-state index contributed by atoms with van der Waals surface area (Å²) in [7, 11) is 0. The highest BCUT2D eigenvalue weighted by Crippen LogP contribution is 2.31. The molecule has 1 fully saturated rings. The van der Waals surface area contributed by atoms with Gasteiger partial charge in [0.25, 0.3) is 5.91 Å². The lowest BCUT2D eigenvalue weighted by atomic mass is 10.1. The van der Waals surface area contributed by atoms with Crippen LogP contribution in [0.25, 0.3) is 0 Å². The lowest BCUT2D eigenvalue weighted by Gasteiger charge is -2.20. The molecule has 3 N–H and O–H groups in total. The number of nitrogens with zero attached hydrogens (tertiary/aromatic N) is 1. The first-order chi connectivity index (χ1) is 14.3. The standard InChI is InChI=1S/C21H22F3N3O3/c22-21(23,24)15-4-2-6-17(12-15)26-20(30)14-3-1-5-16(11-14)25-19(29)13-27(9-10-28)18-7-8-18/h1-6,11-12,18,28H,7-10,13H2,(H,25,29)(H,26,30). The van der Waals surface area contributed by atoms with Gasteiger partial charge in [0.2, 0.25) is 5.91 Å². The largest absolute Gasteiger partial charge is 0.416 e. The highest BCUT2D eigenvalue weighted by molar-refractivity contribution is 6.05. The number of hydrogen-bond donors (Lipinski definition) is 3. The van der Waals surface area contributed by atoms with Crippen molar-refractivity contribution in [1.29, 1.82) is 0 Å². The first-order valence-corrected chi connectivity index (χ1v) is 9.49. The van der Waals surface area contributed by atoms with Crippen molar-refractivity contribution in [1.82, 2.24) is 4.90 Å². The number of amides is 2. The number of hydrogen-bond acceptors (Lipinski definition) is 4. The van der Waals surface area contributed by atoms with Gasteiger partial charge in [0.15, 0.2) is 0 Å². The van der Waals surface area contributed by atoms with Crippen LogP contribution in [-0.2, 0) is 11.0 Å². The van der Waals surface area contributed by atoms with Crippen molar-refractivity contribution in [2.24, 2.45) is 0 Å². The Morgan fingerprint density at radius 3 is 2.33 bits per heavy atom. The van der Waals surface area contributed by atoms with Crippen LogP contribution in [0.3, 0.4) is 0 Å². The predicted molar refractivity (Wildman–Crippen MR) is 106 cm³/mol. The molecule has 2 amide bonds. The zero-order chi connectivity index (χ0) is 21.7. The van der Waals surface area contributed by atoms with Gasteiger partial charge in [-0.25, -0.2) is 0 Å². The molecule has 30 heavy (non-hydrogen) atoms. The molecule has 0 aliphatic heterocycles. The molecular formula is C21H22F3N3O3. The van der Waals surface area contributed by atoms with Crippen LogP contribution in [0.15, 0.2) is 48.5 Å². The molecule has 6 nitrogen and oxygen atoms in total. The van der Waals surface area contributed by atoms with Gasteiger partial charge in [-0.1, -0.05) is 12.1 Å². The molecule has 0 spiro atoms. The summed E-state index contributed by atoms with van der Waals surface area (Å²) >= 11 is 0. The second kappa shape index (κ2) is 9.27. The van der Waals surface area contributed by atoms with E-state index in [2.05, 4.69) is 10.6 Å². The van der Waals surface area contributed by atoms with Crippen LogP contribution in [0.2, 0.25) is 0 Å². The molecule has 1 aliphatic carbocycles. The van der Waals surface area contributed by atoms with E-state index in [1.807, 2.05) is 4.90 Å². The summed E-state index contributed by atoms with van der Waals surface area (Å²) in [4.78, 5) is 26.6. The van der Waals surface area contributed by atoms with E-state index in [0.29, 0.717) is 18.3 Å². The summed E-state index contributed by atoms with van der Waals surface area (Å²) in [5, 5.41) is 14.3. The van der Waals surface area contributed by atoms with Gasteiger partial charge in [0, 0.05) is 29.5 Å². The second-order valence-corrected chi connectivity index (χ2v) is 7.09. The molecule has 1 aliphatic rings. The highest BCUT2D eigenvalue weighted by Gasteiger charge is 2.31. The average molecular weight is 421 g/mol. The molecule has 1 saturated carbocycles. The Morgan fingerprint density at radius 2 is 1.70 bits per heavy atom. The number of aliphatic hydroxyl groups is 1. The quantitative estimate of drug-likeness (QED) is 0.611. The molecule has 160 valence electrons. The lowest BCUT2D eigenvalue weighted by Crippen LogP contribution is -2.36. The fraction of sp³-hybridized carbons (Fsp3) is 0.333. The molecular weight excluding hydrogens is 399 g/mol. The fourth-order valence-electron chi connectivity index (χ4n) is 3.06. The third-order valence-electron chi connectivity index (χ3n) is 4.65. The van der Waals surface area contributed by atoms with Crippen LogP contribution in [0, 0.1) is 0 Å². The van der Waals surface area contributed by atoms with E-state index in [0.717, 1.165) is 25.0 Å². The van der Waals surface area contributed by atoms with Crippen LogP contribution in [0.5, 0.6) is 0 Å². The van der Waals surface area contributed by atoms with E-state index >= 15 is 0 Å². The van der Waals surface area contributed by atoms with Gasteiger partial charge in [0.1, 0.15) is 0 Å². The first kappa shape index (κ1) is 21.8. The number of rotatable bonds is 8. The van der Waals surface area contributed by atoms with Crippen molar-refractivity contribution < 1.29 is 27.9 Å². The zero-order valence-corrected chi connectivity index (χ0v) is 16.1. The number of benzene rings is 2. The molecule has 0 unspecified atom stereocenters. The molecule has 0 saturated heterocycles. The maximum Gasteiger partial charge on any atom is 0.416 e. The second-order valence-electron chi connectivity index (χ2n) is 7.09. The van der Waals surface area contributed by atoms with Crippen molar-refractivity contribution in [2.75, 3.05) is 30.3 Å². The monoisotopic (exact) mass is 421 g/mol. The van der Waals surface area contributed by atoms with Crippen molar-refractivity contribution >= 4 is 23.2 Å². The Balaban J connectivity index is 1.63. The van der Waals surface area contributed by atoms with Gasteiger partial charge in [-0.05, 0) is 49.2 Å². The lowest BCUT2D eigenvalue weighted by molar-refractivity contribution is -0.137. The van der Waals surface area contributed by atoms with E-state index in [1.54, 1.807) is 12.1 Å². The van der Waals surface area contributed by atoms with Crippen molar-refractivity contribution in [3.05, 3.63) is 59.7 Å². The number of aliphatic hydroxyl groups excluding tert-OH is 1. The summed E-state index contributed by atoms with van der Waals surface area (Å²) in [5.41, 5.74) is -0.242. The predicted octanol–water partition coefficient (Wildman–Crippen LogP) is 3.35. The van der Waals surface area contributed by atoms with Crippen LogP contribution in [0.1, 0.15) is 28.8 Å². The molecule has 0 bridgehead atoms. The highest BCUT2D eigenvalue weighted by atomic mass is 19.4. The minimum atomic E-state index is -4.50. The third kappa shape index (κ3) is 6.04. The van der Waals surface area contributed by atoms with Crippen LogP contribution >= 0.6 is 0 Å². The SMILES string of the molecule is O=C(CN(CCO)C1CC1)Nc1cccc(C(=O)Nc2cccc(C(F)(F)F)c2)c1. The Kier molecular flexibility index (Phi) is 6.73. The molecule has 0 aromatic heterocycles. The molecule has 0 atom stereocenters. The molecule has 0 radical (unpaired) electrons. The molecule has 2 aromatic carbocycles. The maximum atomic E-state index is 12.8. The summed E-state index contributed by atoms with van der Waals surface area (Å²) in [5.74, 6) is -0.865. The Hall–Kier alpha value is -2.91. The van der Waals surface area contributed by atoms with Crippen LogP contribution in [-0.4, -0.2) is 47.6 Å². The number of nitrogens with one attached hydrogen (secondary N) is 2. The Labute approximate surface area is 171 Å².